The maximum atomic E-state index is 13.9. The van der Waals surface area contributed by atoms with Crippen molar-refractivity contribution in [2.45, 2.75) is 26.4 Å². The molecule has 0 aromatic heterocycles. The Morgan fingerprint density at radius 3 is 2.70 bits per heavy atom. The van der Waals surface area contributed by atoms with Gasteiger partial charge in [0, 0.05) is 30.8 Å². The van der Waals surface area contributed by atoms with Crippen LogP contribution in [0.25, 0.3) is 0 Å². The normalized spacial score (nSPS) is 13.8. The van der Waals surface area contributed by atoms with Crippen LogP contribution < -0.4 is 11.1 Å². The second-order valence-electron chi connectivity index (χ2n) is 4.98. The lowest BCUT2D eigenvalue weighted by Crippen LogP contribution is -2.37. The predicted molar refractivity (Wildman–Crippen MR) is 76.3 cm³/mol. The minimum atomic E-state index is -0.387. The lowest BCUT2D eigenvalue weighted by Gasteiger charge is -2.21. The van der Waals surface area contributed by atoms with E-state index in [1.165, 1.54) is 6.07 Å². The summed E-state index contributed by atoms with van der Waals surface area (Å²) in [4.78, 5) is 0. The third kappa shape index (κ3) is 4.47. The van der Waals surface area contributed by atoms with Gasteiger partial charge in [0.1, 0.15) is 5.82 Å². The number of benzene rings is 1. The van der Waals surface area contributed by atoms with Crippen molar-refractivity contribution in [2.24, 2.45) is 16.8 Å². The minimum absolute atomic E-state index is 0.108. The van der Waals surface area contributed by atoms with Crippen LogP contribution in [0.1, 0.15) is 25.0 Å². The summed E-state index contributed by atoms with van der Waals surface area (Å²) in [5.74, 6) is -0.112. The zero-order chi connectivity index (χ0) is 15.1. The SMILES string of the molecule is COCC(NCc1ccc(C(N)=NO)cc1F)C(C)C. The van der Waals surface area contributed by atoms with Crippen LogP contribution in [0.2, 0.25) is 0 Å². The Morgan fingerprint density at radius 1 is 1.50 bits per heavy atom. The average Bonchev–Trinajstić information content (AvgIpc) is 2.43. The van der Waals surface area contributed by atoms with Crippen LogP contribution in [0, 0.1) is 11.7 Å². The molecule has 112 valence electrons. The first kappa shape index (κ1) is 16.4. The van der Waals surface area contributed by atoms with Gasteiger partial charge in [-0.3, -0.25) is 0 Å². The molecule has 1 aromatic carbocycles. The molecule has 1 unspecified atom stereocenters. The molecule has 6 heteroatoms. The number of hydrogen-bond acceptors (Lipinski definition) is 4. The second kappa shape index (κ2) is 7.81. The Balaban J connectivity index is 2.73. The number of nitrogens with one attached hydrogen (secondary N) is 1. The van der Waals surface area contributed by atoms with Crippen LogP contribution in [-0.4, -0.2) is 30.8 Å². The van der Waals surface area contributed by atoms with Crippen molar-refractivity contribution in [2.75, 3.05) is 13.7 Å². The molecule has 0 fully saturated rings. The quantitative estimate of drug-likeness (QED) is 0.308. The van der Waals surface area contributed by atoms with Gasteiger partial charge in [-0.1, -0.05) is 31.1 Å². The second-order valence-corrected chi connectivity index (χ2v) is 4.98. The third-order valence-electron chi connectivity index (χ3n) is 3.16. The molecule has 5 nitrogen and oxygen atoms in total. The zero-order valence-electron chi connectivity index (χ0n) is 12.1. The molecule has 0 radical (unpaired) electrons. The molecule has 1 rings (SSSR count). The molecule has 0 saturated carbocycles. The molecule has 0 amide bonds. The maximum absolute atomic E-state index is 13.9. The Morgan fingerprint density at radius 2 is 2.20 bits per heavy atom. The molecule has 1 aromatic rings. The number of ether oxygens (including phenoxy) is 1. The third-order valence-corrected chi connectivity index (χ3v) is 3.16. The van der Waals surface area contributed by atoms with Crippen LogP contribution in [-0.2, 0) is 11.3 Å². The fourth-order valence-electron chi connectivity index (χ4n) is 1.82. The van der Waals surface area contributed by atoms with E-state index in [1.54, 1.807) is 19.2 Å². The van der Waals surface area contributed by atoms with Crippen molar-refractivity contribution in [3.8, 4) is 0 Å². The van der Waals surface area contributed by atoms with E-state index in [1.807, 2.05) is 0 Å². The van der Waals surface area contributed by atoms with Gasteiger partial charge in [-0.2, -0.15) is 0 Å². The van der Waals surface area contributed by atoms with Crippen molar-refractivity contribution < 1.29 is 14.3 Å². The van der Waals surface area contributed by atoms with Gasteiger partial charge in [0.25, 0.3) is 0 Å². The van der Waals surface area contributed by atoms with Gasteiger partial charge in [-0.05, 0) is 12.0 Å². The fraction of sp³-hybridized carbons (Fsp3) is 0.500. The van der Waals surface area contributed by atoms with E-state index in [-0.39, 0.29) is 17.7 Å². The molecular weight excluding hydrogens is 261 g/mol. The number of nitrogens with zero attached hydrogens (tertiary/aromatic N) is 1. The van der Waals surface area contributed by atoms with Crippen LogP contribution in [0.4, 0.5) is 4.39 Å². The van der Waals surface area contributed by atoms with Crippen molar-refractivity contribution in [1.82, 2.24) is 5.32 Å². The first-order valence-corrected chi connectivity index (χ1v) is 6.48. The summed E-state index contributed by atoms with van der Waals surface area (Å²) in [7, 11) is 1.64. The van der Waals surface area contributed by atoms with E-state index < -0.39 is 0 Å². The summed E-state index contributed by atoms with van der Waals surface area (Å²) in [6, 6.07) is 4.66. The molecule has 0 heterocycles. The summed E-state index contributed by atoms with van der Waals surface area (Å²) >= 11 is 0. The van der Waals surface area contributed by atoms with Gasteiger partial charge in [-0.15, -0.1) is 0 Å². The highest BCUT2D eigenvalue weighted by Crippen LogP contribution is 2.12. The Hall–Kier alpha value is -1.66. The summed E-state index contributed by atoms with van der Waals surface area (Å²) in [6.45, 7) is 5.12. The molecule has 20 heavy (non-hydrogen) atoms. The first-order chi connectivity index (χ1) is 9.49. The van der Waals surface area contributed by atoms with E-state index >= 15 is 0 Å². The number of hydrogen-bond donors (Lipinski definition) is 3. The zero-order valence-corrected chi connectivity index (χ0v) is 12.1. The molecule has 4 N–H and O–H groups in total. The van der Waals surface area contributed by atoms with E-state index in [2.05, 4.69) is 24.3 Å². The van der Waals surface area contributed by atoms with Crippen LogP contribution in [0.15, 0.2) is 23.4 Å². The number of amidine groups is 1. The highest BCUT2D eigenvalue weighted by Gasteiger charge is 2.13. The van der Waals surface area contributed by atoms with Gasteiger partial charge in [0.2, 0.25) is 0 Å². The maximum Gasteiger partial charge on any atom is 0.170 e. The first-order valence-electron chi connectivity index (χ1n) is 6.48. The molecule has 0 aliphatic heterocycles. The minimum Gasteiger partial charge on any atom is -0.409 e. The Bertz CT molecular complexity index is 464. The molecule has 0 aliphatic rings. The van der Waals surface area contributed by atoms with E-state index in [0.29, 0.717) is 30.2 Å². The van der Waals surface area contributed by atoms with Gasteiger partial charge in [0.15, 0.2) is 5.84 Å². The molecule has 0 aliphatic carbocycles. The molecule has 0 bridgehead atoms. The van der Waals surface area contributed by atoms with Crippen molar-refractivity contribution in [3.63, 3.8) is 0 Å². The highest BCUT2D eigenvalue weighted by molar-refractivity contribution is 5.97. The van der Waals surface area contributed by atoms with Crippen LogP contribution in [0.3, 0.4) is 0 Å². The standard InChI is InChI=1S/C14H22FN3O2/c1-9(2)13(8-20-3)17-7-11-5-4-10(6-12(11)15)14(16)18-19/h4-6,9,13,17,19H,7-8H2,1-3H3,(H2,16,18). The van der Waals surface area contributed by atoms with Gasteiger partial charge in [0.05, 0.1) is 6.61 Å². The monoisotopic (exact) mass is 283 g/mol. The van der Waals surface area contributed by atoms with Crippen molar-refractivity contribution in [1.29, 1.82) is 0 Å². The number of oxime groups is 1. The summed E-state index contributed by atoms with van der Waals surface area (Å²) in [6.07, 6.45) is 0. The molecule has 0 saturated heterocycles. The average molecular weight is 283 g/mol. The van der Waals surface area contributed by atoms with Crippen molar-refractivity contribution >= 4 is 5.84 Å². The van der Waals surface area contributed by atoms with Gasteiger partial charge >= 0.3 is 0 Å². The molecule has 1 atom stereocenters. The lowest BCUT2D eigenvalue weighted by molar-refractivity contribution is 0.146. The number of methoxy groups -OCH3 is 1. The number of halogens is 1. The topological polar surface area (TPSA) is 79.9 Å². The summed E-state index contributed by atoms with van der Waals surface area (Å²) in [5, 5.41) is 14.7. The highest BCUT2D eigenvalue weighted by atomic mass is 19.1. The van der Waals surface area contributed by atoms with Crippen LogP contribution in [0.5, 0.6) is 0 Å². The molecular formula is C14H22FN3O2. The summed E-state index contributed by atoms with van der Waals surface area (Å²) < 4.78 is 19.1. The van der Waals surface area contributed by atoms with Gasteiger partial charge in [-0.25, -0.2) is 4.39 Å². The van der Waals surface area contributed by atoms with Crippen LogP contribution >= 0.6 is 0 Å². The van der Waals surface area contributed by atoms with E-state index in [0.717, 1.165) is 0 Å². The van der Waals surface area contributed by atoms with E-state index in [9.17, 15) is 4.39 Å². The number of nitrogens with two attached hydrogens (primary N) is 1. The molecule has 0 spiro atoms. The Kier molecular flexibility index (Phi) is 6.41. The smallest absolute Gasteiger partial charge is 0.170 e. The largest absolute Gasteiger partial charge is 0.409 e. The lowest BCUT2D eigenvalue weighted by atomic mass is 10.0. The Labute approximate surface area is 118 Å². The van der Waals surface area contributed by atoms with E-state index in [4.69, 9.17) is 15.7 Å². The van der Waals surface area contributed by atoms with Crippen molar-refractivity contribution in [3.05, 3.63) is 35.1 Å². The predicted octanol–water partition coefficient (Wildman–Crippen LogP) is 1.68. The van der Waals surface area contributed by atoms with Gasteiger partial charge < -0.3 is 21.0 Å². The fourth-order valence-corrected chi connectivity index (χ4v) is 1.82. The summed E-state index contributed by atoms with van der Waals surface area (Å²) in [5.41, 5.74) is 6.30. The number of rotatable bonds is 7.